The molecule has 1 N–H and O–H groups in total. The van der Waals surface area contributed by atoms with Gasteiger partial charge in [-0.2, -0.15) is 0 Å². The highest BCUT2D eigenvalue weighted by molar-refractivity contribution is 5.88. The maximum atomic E-state index is 10.6. The second-order valence-electron chi connectivity index (χ2n) is 4.84. The summed E-state index contributed by atoms with van der Waals surface area (Å²) in [6, 6.07) is 0. The van der Waals surface area contributed by atoms with E-state index in [0.29, 0.717) is 11.4 Å². The first kappa shape index (κ1) is 13.1. The third-order valence-electron chi connectivity index (χ3n) is 2.55. The molecule has 0 amide bonds. The Morgan fingerprint density at radius 3 is 2.59 bits per heavy atom. The van der Waals surface area contributed by atoms with Crippen LogP contribution in [0.3, 0.4) is 0 Å². The molecule has 0 aliphatic carbocycles. The molecule has 0 bridgehead atoms. The molecule has 0 saturated heterocycles. The summed E-state index contributed by atoms with van der Waals surface area (Å²) in [6.45, 7) is 7.61. The SMILES string of the molecule is Cc1c([N+](=O)[O-])ncn1C/C(=N/O)C(C)(C)C. The summed E-state index contributed by atoms with van der Waals surface area (Å²) in [7, 11) is 0. The minimum atomic E-state index is -0.529. The van der Waals surface area contributed by atoms with Gasteiger partial charge in [-0.05, 0) is 16.8 Å². The Morgan fingerprint density at radius 1 is 1.65 bits per heavy atom. The van der Waals surface area contributed by atoms with Crippen molar-refractivity contribution in [2.75, 3.05) is 0 Å². The Hall–Kier alpha value is -1.92. The molecule has 0 spiro atoms. The van der Waals surface area contributed by atoms with Gasteiger partial charge in [-0.3, -0.25) is 0 Å². The molecule has 1 aromatic rings. The molecule has 0 aliphatic rings. The fraction of sp³-hybridized carbons (Fsp3) is 0.600. The lowest BCUT2D eigenvalue weighted by Crippen LogP contribution is -2.25. The number of hydrogen-bond donors (Lipinski definition) is 1. The highest BCUT2D eigenvalue weighted by Gasteiger charge is 2.24. The van der Waals surface area contributed by atoms with E-state index in [9.17, 15) is 10.1 Å². The molecule has 0 fully saturated rings. The maximum Gasteiger partial charge on any atom is 0.384 e. The number of nitrogens with zero attached hydrogens (tertiary/aromatic N) is 4. The highest BCUT2D eigenvalue weighted by Crippen LogP contribution is 2.20. The van der Waals surface area contributed by atoms with Crippen molar-refractivity contribution in [1.82, 2.24) is 9.55 Å². The summed E-state index contributed by atoms with van der Waals surface area (Å²) in [5.74, 6) is -0.170. The zero-order valence-electron chi connectivity index (χ0n) is 10.3. The molecular weight excluding hydrogens is 224 g/mol. The fourth-order valence-electron chi connectivity index (χ4n) is 1.35. The van der Waals surface area contributed by atoms with Crippen LogP contribution < -0.4 is 0 Å². The van der Waals surface area contributed by atoms with Crippen LogP contribution in [-0.4, -0.2) is 25.4 Å². The maximum absolute atomic E-state index is 10.6. The molecule has 17 heavy (non-hydrogen) atoms. The average Bonchev–Trinajstić information content (AvgIpc) is 2.54. The van der Waals surface area contributed by atoms with Gasteiger partial charge >= 0.3 is 5.82 Å². The molecule has 94 valence electrons. The second-order valence-corrected chi connectivity index (χ2v) is 4.84. The molecule has 0 unspecified atom stereocenters. The molecule has 1 rings (SSSR count). The number of aromatic nitrogens is 2. The Labute approximate surface area is 98.9 Å². The molecule has 0 atom stereocenters. The lowest BCUT2D eigenvalue weighted by Gasteiger charge is -2.20. The van der Waals surface area contributed by atoms with Gasteiger partial charge in [0.1, 0.15) is 5.69 Å². The molecule has 0 radical (unpaired) electrons. The topological polar surface area (TPSA) is 93.5 Å². The van der Waals surface area contributed by atoms with E-state index in [-0.39, 0.29) is 17.8 Å². The highest BCUT2D eigenvalue weighted by atomic mass is 16.6. The van der Waals surface area contributed by atoms with Gasteiger partial charge in [0.2, 0.25) is 6.33 Å². The van der Waals surface area contributed by atoms with E-state index in [1.54, 1.807) is 11.5 Å². The van der Waals surface area contributed by atoms with Crippen molar-refractivity contribution in [2.24, 2.45) is 10.6 Å². The minimum Gasteiger partial charge on any atom is -0.411 e. The van der Waals surface area contributed by atoms with E-state index in [1.807, 2.05) is 20.8 Å². The predicted molar refractivity (Wildman–Crippen MR) is 62.3 cm³/mol. The Kier molecular flexibility index (Phi) is 3.50. The van der Waals surface area contributed by atoms with Crippen molar-refractivity contribution in [3.63, 3.8) is 0 Å². The molecule has 1 aromatic heterocycles. The fourth-order valence-corrected chi connectivity index (χ4v) is 1.35. The molecule has 0 aromatic carbocycles. The monoisotopic (exact) mass is 240 g/mol. The van der Waals surface area contributed by atoms with Crippen molar-refractivity contribution in [2.45, 2.75) is 34.2 Å². The van der Waals surface area contributed by atoms with Crippen molar-refractivity contribution >= 4 is 11.5 Å². The summed E-state index contributed by atoms with van der Waals surface area (Å²) >= 11 is 0. The quantitative estimate of drug-likeness (QED) is 0.378. The molecule has 7 heteroatoms. The van der Waals surface area contributed by atoms with Gasteiger partial charge in [0.25, 0.3) is 0 Å². The number of imidazole rings is 1. The standard InChI is InChI=1S/C10H16N4O3/c1-7-9(14(16)17)11-6-13(7)5-8(12-15)10(2,3)4/h6,15H,5H2,1-4H3/b12-8-. The third-order valence-corrected chi connectivity index (χ3v) is 2.55. The number of oxime groups is 1. The molecule has 0 saturated carbocycles. The van der Waals surface area contributed by atoms with E-state index < -0.39 is 4.92 Å². The number of rotatable bonds is 3. The van der Waals surface area contributed by atoms with Gasteiger partial charge in [0.05, 0.1) is 12.3 Å². The van der Waals surface area contributed by atoms with E-state index >= 15 is 0 Å². The minimum absolute atomic E-state index is 0.170. The van der Waals surface area contributed by atoms with Crippen LogP contribution in [0.5, 0.6) is 0 Å². The summed E-state index contributed by atoms with van der Waals surface area (Å²) in [5.41, 5.74) is 0.675. The van der Waals surface area contributed by atoms with Crippen LogP contribution >= 0.6 is 0 Å². The normalized spacial score (nSPS) is 12.8. The average molecular weight is 240 g/mol. The van der Waals surface area contributed by atoms with Gasteiger partial charge in [0, 0.05) is 5.41 Å². The zero-order chi connectivity index (χ0) is 13.2. The Bertz CT molecular complexity index is 457. The van der Waals surface area contributed by atoms with Crippen LogP contribution in [0.15, 0.2) is 11.5 Å². The van der Waals surface area contributed by atoms with Gasteiger partial charge < -0.3 is 19.9 Å². The molecular formula is C10H16N4O3. The summed E-state index contributed by atoms with van der Waals surface area (Å²) in [5, 5.41) is 22.8. The lowest BCUT2D eigenvalue weighted by atomic mass is 9.90. The van der Waals surface area contributed by atoms with Crippen molar-refractivity contribution in [1.29, 1.82) is 0 Å². The van der Waals surface area contributed by atoms with Gasteiger partial charge in [0.15, 0.2) is 0 Å². The van der Waals surface area contributed by atoms with Crippen LogP contribution in [0.25, 0.3) is 0 Å². The molecule has 0 aliphatic heterocycles. The van der Waals surface area contributed by atoms with E-state index in [0.717, 1.165) is 0 Å². The summed E-state index contributed by atoms with van der Waals surface area (Å²) in [6.07, 6.45) is 1.38. The molecule has 1 heterocycles. The van der Waals surface area contributed by atoms with Crippen LogP contribution in [0.1, 0.15) is 26.5 Å². The van der Waals surface area contributed by atoms with Crippen LogP contribution in [0.4, 0.5) is 5.82 Å². The second kappa shape index (κ2) is 4.52. The van der Waals surface area contributed by atoms with Crippen LogP contribution in [-0.2, 0) is 6.54 Å². The van der Waals surface area contributed by atoms with Gasteiger partial charge in [-0.1, -0.05) is 25.9 Å². The predicted octanol–water partition coefficient (Wildman–Crippen LogP) is 1.98. The first-order valence-electron chi connectivity index (χ1n) is 5.15. The van der Waals surface area contributed by atoms with Crippen molar-refractivity contribution in [3.05, 3.63) is 22.1 Å². The van der Waals surface area contributed by atoms with Crippen molar-refractivity contribution < 1.29 is 10.1 Å². The van der Waals surface area contributed by atoms with Crippen molar-refractivity contribution in [3.8, 4) is 0 Å². The summed E-state index contributed by atoms with van der Waals surface area (Å²) < 4.78 is 1.60. The van der Waals surface area contributed by atoms with E-state index in [1.165, 1.54) is 6.33 Å². The smallest absolute Gasteiger partial charge is 0.384 e. The van der Waals surface area contributed by atoms with Crippen LogP contribution in [0.2, 0.25) is 0 Å². The number of nitro groups is 1. The molecule has 7 nitrogen and oxygen atoms in total. The lowest BCUT2D eigenvalue weighted by molar-refractivity contribution is -0.389. The van der Waals surface area contributed by atoms with Crippen LogP contribution in [0, 0.1) is 22.5 Å². The first-order valence-corrected chi connectivity index (χ1v) is 5.15. The zero-order valence-corrected chi connectivity index (χ0v) is 10.3. The summed E-state index contributed by atoms with van der Waals surface area (Å²) in [4.78, 5) is 13.8. The third kappa shape index (κ3) is 2.80. The number of hydrogen-bond acceptors (Lipinski definition) is 5. The Morgan fingerprint density at radius 2 is 2.24 bits per heavy atom. The largest absolute Gasteiger partial charge is 0.411 e. The van der Waals surface area contributed by atoms with Gasteiger partial charge in [-0.25, -0.2) is 0 Å². The first-order chi connectivity index (χ1) is 7.77. The van der Waals surface area contributed by atoms with E-state index in [4.69, 9.17) is 5.21 Å². The Balaban J connectivity index is 3.01. The van der Waals surface area contributed by atoms with E-state index in [2.05, 4.69) is 10.1 Å². The van der Waals surface area contributed by atoms with Gasteiger partial charge in [-0.15, -0.1) is 0 Å².